The Balaban J connectivity index is 1.16. The van der Waals surface area contributed by atoms with Gasteiger partial charge in [-0.05, 0) is 70.2 Å². The second-order valence-electron chi connectivity index (χ2n) is 10.8. The van der Waals surface area contributed by atoms with Gasteiger partial charge in [-0.25, -0.2) is 15.0 Å². The smallest absolute Gasteiger partial charge is 0.391 e. The molecule has 0 unspecified atom stereocenters. The first-order valence-corrected chi connectivity index (χ1v) is 13.6. The number of unbranched alkanes of at least 4 members (excludes halogenated alkanes) is 1. The SMILES string of the molecule is CC(C)N(CCCCc1nc2cc(Cl)c(C(F)(F)F)cc2[nH]1)C[C@@H]1C[C@@H](O)[C@H](n2ccc3c(N)ncnc32)C1. The second kappa shape index (κ2) is 10.9. The molecule has 0 spiro atoms. The fraction of sp³-hybridized carbons (Fsp3) is 0.519. The van der Waals surface area contributed by atoms with Crippen LogP contribution in [0.5, 0.6) is 0 Å². The molecule has 4 aromatic rings. The molecule has 210 valence electrons. The number of nitrogen functional groups attached to an aromatic ring is 1. The minimum Gasteiger partial charge on any atom is -0.391 e. The third-order valence-electron chi connectivity index (χ3n) is 7.75. The van der Waals surface area contributed by atoms with Gasteiger partial charge in [-0.3, -0.25) is 0 Å². The number of hydrogen-bond donors (Lipinski definition) is 3. The van der Waals surface area contributed by atoms with E-state index in [1.54, 1.807) is 0 Å². The molecule has 1 aromatic carbocycles. The number of H-pyrrole nitrogens is 1. The molecule has 4 N–H and O–H groups in total. The summed E-state index contributed by atoms with van der Waals surface area (Å²) in [7, 11) is 0. The lowest BCUT2D eigenvalue weighted by Gasteiger charge is -2.29. The first kappa shape index (κ1) is 27.7. The van der Waals surface area contributed by atoms with Crippen molar-refractivity contribution in [2.24, 2.45) is 5.92 Å². The van der Waals surface area contributed by atoms with Crippen molar-refractivity contribution in [2.45, 2.75) is 70.3 Å². The molecule has 1 saturated carbocycles. The van der Waals surface area contributed by atoms with Crippen molar-refractivity contribution >= 4 is 39.5 Å². The number of aliphatic hydroxyl groups is 1. The molecule has 0 amide bonds. The summed E-state index contributed by atoms with van der Waals surface area (Å²) in [4.78, 5) is 18.3. The fourth-order valence-electron chi connectivity index (χ4n) is 5.72. The van der Waals surface area contributed by atoms with Crippen LogP contribution in [0.4, 0.5) is 19.0 Å². The van der Waals surface area contributed by atoms with Crippen LogP contribution in [0.25, 0.3) is 22.1 Å². The lowest BCUT2D eigenvalue weighted by atomic mass is 10.1. The number of hydrogen-bond acceptors (Lipinski definition) is 6. The van der Waals surface area contributed by atoms with Crippen LogP contribution < -0.4 is 5.73 Å². The van der Waals surface area contributed by atoms with Gasteiger partial charge in [0.2, 0.25) is 0 Å². The minimum absolute atomic E-state index is 0.0599. The summed E-state index contributed by atoms with van der Waals surface area (Å²) >= 11 is 5.83. The van der Waals surface area contributed by atoms with Gasteiger partial charge in [0, 0.05) is 25.2 Å². The summed E-state index contributed by atoms with van der Waals surface area (Å²) < 4.78 is 41.5. The number of fused-ring (bicyclic) bond motifs is 2. The highest BCUT2D eigenvalue weighted by atomic mass is 35.5. The molecule has 0 radical (unpaired) electrons. The van der Waals surface area contributed by atoms with Gasteiger partial charge in [-0.15, -0.1) is 0 Å². The minimum atomic E-state index is -4.51. The largest absolute Gasteiger partial charge is 0.417 e. The number of imidazole rings is 1. The van der Waals surface area contributed by atoms with Gasteiger partial charge in [0.05, 0.1) is 39.2 Å². The van der Waals surface area contributed by atoms with E-state index in [-0.39, 0.29) is 11.1 Å². The Kier molecular flexibility index (Phi) is 7.76. The van der Waals surface area contributed by atoms with Gasteiger partial charge in [0.25, 0.3) is 0 Å². The number of aromatic nitrogens is 5. The van der Waals surface area contributed by atoms with E-state index in [0.717, 1.165) is 55.9 Å². The molecule has 12 heteroatoms. The lowest BCUT2D eigenvalue weighted by Crippen LogP contribution is -2.36. The number of aliphatic hydroxyl groups excluding tert-OH is 1. The summed E-state index contributed by atoms with van der Waals surface area (Å²) in [6, 6.07) is 4.47. The normalized spacial score (nSPS) is 20.3. The van der Waals surface area contributed by atoms with Gasteiger partial charge in [-0.1, -0.05) is 11.6 Å². The molecule has 8 nitrogen and oxygen atoms in total. The molecule has 3 atom stereocenters. The summed E-state index contributed by atoms with van der Waals surface area (Å²) in [5.41, 5.74) is 6.64. The molecule has 0 aliphatic heterocycles. The average Bonchev–Trinajstić information content (AvgIpc) is 3.56. The maximum atomic E-state index is 13.2. The zero-order valence-corrected chi connectivity index (χ0v) is 22.7. The Morgan fingerprint density at radius 1 is 1.23 bits per heavy atom. The molecule has 1 fully saturated rings. The van der Waals surface area contributed by atoms with E-state index in [1.165, 1.54) is 12.4 Å². The maximum Gasteiger partial charge on any atom is 0.417 e. The van der Waals surface area contributed by atoms with E-state index in [4.69, 9.17) is 17.3 Å². The number of alkyl halides is 3. The highest BCUT2D eigenvalue weighted by Crippen LogP contribution is 2.38. The second-order valence-corrected chi connectivity index (χ2v) is 11.2. The van der Waals surface area contributed by atoms with Crippen molar-refractivity contribution in [1.82, 2.24) is 29.4 Å². The van der Waals surface area contributed by atoms with Crippen LogP contribution in [0.2, 0.25) is 5.02 Å². The van der Waals surface area contributed by atoms with Crippen LogP contribution in [-0.4, -0.2) is 59.7 Å². The zero-order valence-electron chi connectivity index (χ0n) is 21.9. The Bertz CT molecular complexity index is 1450. The average molecular weight is 564 g/mol. The number of nitrogens with two attached hydrogens (primary N) is 1. The van der Waals surface area contributed by atoms with Crippen molar-refractivity contribution in [2.75, 3.05) is 18.8 Å². The van der Waals surface area contributed by atoms with Gasteiger partial charge >= 0.3 is 6.18 Å². The van der Waals surface area contributed by atoms with E-state index in [0.29, 0.717) is 41.1 Å². The fourth-order valence-corrected chi connectivity index (χ4v) is 5.98. The van der Waals surface area contributed by atoms with Crippen LogP contribution in [0, 0.1) is 5.92 Å². The zero-order chi connectivity index (χ0) is 27.9. The lowest BCUT2D eigenvalue weighted by molar-refractivity contribution is -0.137. The standard InChI is InChI=1S/C27H33ClF3N7O/c1-15(2)37(7-4-3-5-24-35-20-11-18(27(29,30)31)19(28)12-21(20)36-24)13-16-9-22(23(39)10-16)38-8-6-17-25(32)33-14-34-26(17)38/h6,8,11-12,14-16,22-23,39H,3-5,7,9-10,13H2,1-2H3,(H,35,36)(H2,32,33,34)/t16-,22+,23+/m0/s1. The number of benzene rings is 1. The first-order chi connectivity index (χ1) is 18.5. The molecular formula is C27H33ClF3N7O. The Labute approximate surface area is 229 Å². The number of aromatic amines is 1. The van der Waals surface area contributed by atoms with E-state index >= 15 is 0 Å². The quantitative estimate of drug-likeness (QED) is 0.228. The number of rotatable bonds is 9. The molecule has 3 heterocycles. The van der Waals surface area contributed by atoms with Crippen LogP contribution in [-0.2, 0) is 12.6 Å². The van der Waals surface area contributed by atoms with Gasteiger partial charge in [0.15, 0.2) is 0 Å². The van der Waals surface area contributed by atoms with Crippen molar-refractivity contribution in [3.05, 3.63) is 47.1 Å². The summed E-state index contributed by atoms with van der Waals surface area (Å²) in [5.74, 6) is 1.43. The Morgan fingerprint density at radius 2 is 2.03 bits per heavy atom. The monoisotopic (exact) mass is 563 g/mol. The van der Waals surface area contributed by atoms with Crippen molar-refractivity contribution < 1.29 is 18.3 Å². The highest BCUT2D eigenvalue weighted by molar-refractivity contribution is 6.32. The van der Waals surface area contributed by atoms with E-state index in [9.17, 15) is 18.3 Å². The van der Waals surface area contributed by atoms with Crippen molar-refractivity contribution in [1.29, 1.82) is 0 Å². The molecular weight excluding hydrogens is 531 g/mol. The van der Waals surface area contributed by atoms with Crippen molar-refractivity contribution in [3.63, 3.8) is 0 Å². The van der Waals surface area contributed by atoms with E-state index < -0.39 is 17.8 Å². The van der Waals surface area contributed by atoms with Crippen molar-refractivity contribution in [3.8, 4) is 0 Å². The van der Waals surface area contributed by atoms with Gasteiger partial charge in [-0.2, -0.15) is 13.2 Å². The number of nitrogens with zero attached hydrogens (tertiary/aromatic N) is 5. The van der Waals surface area contributed by atoms with Gasteiger partial charge in [0.1, 0.15) is 23.6 Å². The Morgan fingerprint density at radius 3 is 2.77 bits per heavy atom. The molecule has 1 aliphatic rings. The number of nitrogens with one attached hydrogen (secondary N) is 1. The van der Waals surface area contributed by atoms with Gasteiger partial charge < -0.3 is 25.3 Å². The first-order valence-electron chi connectivity index (χ1n) is 13.3. The molecule has 3 aromatic heterocycles. The summed E-state index contributed by atoms with van der Waals surface area (Å²) in [6.45, 7) is 6.10. The van der Waals surface area contributed by atoms with Crippen LogP contribution in [0.15, 0.2) is 30.7 Å². The molecule has 5 rings (SSSR count). The predicted molar refractivity (Wildman–Crippen MR) is 145 cm³/mol. The third kappa shape index (κ3) is 5.85. The third-order valence-corrected chi connectivity index (χ3v) is 8.06. The van der Waals surface area contributed by atoms with E-state index in [1.807, 2.05) is 16.8 Å². The highest BCUT2D eigenvalue weighted by Gasteiger charge is 2.36. The summed E-state index contributed by atoms with van der Waals surface area (Å²) in [6.07, 6.45) is 2.37. The van der Waals surface area contributed by atoms with Crippen LogP contribution >= 0.6 is 11.6 Å². The molecule has 0 bridgehead atoms. The predicted octanol–water partition coefficient (Wildman–Crippen LogP) is 5.61. The molecule has 1 aliphatic carbocycles. The number of halogens is 4. The number of aryl methyl sites for hydroxylation is 1. The molecule has 39 heavy (non-hydrogen) atoms. The number of anilines is 1. The Hall–Kier alpha value is -2.89. The summed E-state index contributed by atoms with van der Waals surface area (Å²) in [5, 5.41) is 11.3. The van der Waals surface area contributed by atoms with Crippen LogP contribution in [0.3, 0.4) is 0 Å². The van der Waals surface area contributed by atoms with Crippen LogP contribution in [0.1, 0.15) is 57.0 Å². The molecule has 0 saturated heterocycles. The maximum absolute atomic E-state index is 13.2. The van der Waals surface area contributed by atoms with E-state index in [2.05, 4.69) is 38.7 Å². The topological polar surface area (TPSA) is 109 Å².